The molecule has 0 aliphatic heterocycles. The Balaban J connectivity index is 2.62. The van der Waals surface area contributed by atoms with Gasteiger partial charge in [0, 0.05) is 4.88 Å². The minimum atomic E-state index is -0.638. The first-order valence-corrected chi connectivity index (χ1v) is 4.56. The maximum absolute atomic E-state index is 9.44. The third-order valence-electron chi connectivity index (χ3n) is 1.28. The predicted molar refractivity (Wildman–Crippen MR) is 51.9 cm³/mol. The van der Waals surface area contributed by atoms with Crippen molar-refractivity contribution in [3.63, 3.8) is 0 Å². The van der Waals surface area contributed by atoms with Crippen molar-refractivity contribution in [3.8, 4) is 11.8 Å². The number of hydrogen-bond donors (Lipinski definition) is 1. The molecule has 2 heteroatoms. The van der Waals surface area contributed by atoms with Gasteiger partial charge in [0.1, 0.15) is 6.10 Å². The summed E-state index contributed by atoms with van der Waals surface area (Å²) >= 11 is 1.51. The Kier molecular flexibility index (Phi) is 3.59. The molecule has 1 unspecified atom stereocenters. The number of thiophene rings is 1. The molecule has 0 spiro atoms. The van der Waals surface area contributed by atoms with Gasteiger partial charge in [0.05, 0.1) is 0 Å². The van der Waals surface area contributed by atoms with Crippen LogP contribution in [0, 0.1) is 11.8 Å². The van der Waals surface area contributed by atoms with Gasteiger partial charge in [-0.05, 0) is 24.4 Å². The van der Waals surface area contributed by atoms with Crippen molar-refractivity contribution in [1.29, 1.82) is 0 Å². The highest BCUT2D eigenvalue weighted by atomic mass is 32.1. The van der Waals surface area contributed by atoms with Crippen molar-refractivity contribution < 1.29 is 5.11 Å². The Bertz CT molecular complexity index is 300. The van der Waals surface area contributed by atoms with E-state index in [0.717, 1.165) is 4.88 Å². The Hall–Kier alpha value is -1.04. The second-order valence-corrected chi connectivity index (χ2v) is 3.19. The largest absolute Gasteiger partial charge is 0.375 e. The summed E-state index contributed by atoms with van der Waals surface area (Å²) in [6, 6.07) is 3.78. The number of rotatable bonds is 1. The molecule has 0 fully saturated rings. The number of aliphatic hydroxyl groups excluding tert-OH is 1. The highest BCUT2D eigenvalue weighted by Crippen LogP contribution is 2.17. The van der Waals surface area contributed by atoms with E-state index < -0.39 is 6.10 Å². The van der Waals surface area contributed by atoms with Gasteiger partial charge in [-0.2, -0.15) is 0 Å². The Morgan fingerprint density at radius 3 is 3.08 bits per heavy atom. The van der Waals surface area contributed by atoms with Crippen molar-refractivity contribution in [2.45, 2.75) is 13.0 Å². The van der Waals surface area contributed by atoms with Crippen molar-refractivity contribution in [3.05, 3.63) is 34.5 Å². The lowest BCUT2D eigenvalue weighted by molar-refractivity contribution is 0.242. The summed E-state index contributed by atoms with van der Waals surface area (Å²) in [4.78, 5) is 0.895. The molecule has 0 aliphatic rings. The molecule has 1 aromatic heterocycles. The molecule has 1 aromatic rings. The lowest BCUT2D eigenvalue weighted by Gasteiger charge is -1.95. The van der Waals surface area contributed by atoms with Gasteiger partial charge in [0.2, 0.25) is 0 Å². The van der Waals surface area contributed by atoms with Crippen LogP contribution in [-0.2, 0) is 0 Å². The second-order valence-electron chi connectivity index (χ2n) is 2.21. The zero-order chi connectivity index (χ0) is 8.81. The number of aliphatic hydroxyl groups is 1. The molecule has 0 saturated carbocycles. The Labute approximate surface area is 76.4 Å². The van der Waals surface area contributed by atoms with Crippen molar-refractivity contribution in [1.82, 2.24) is 0 Å². The number of allylic oxidation sites excluding steroid dienone is 2. The van der Waals surface area contributed by atoms with Crippen LogP contribution in [0.3, 0.4) is 0 Å². The average Bonchev–Trinajstić information content (AvgIpc) is 2.56. The molecule has 0 aromatic carbocycles. The van der Waals surface area contributed by atoms with Crippen LogP contribution in [0.4, 0.5) is 0 Å². The van der Waals surface area contributed by atoms with Gasteiger partial charge in [0.25, 0.3) is 0 Å². The normalized spacial score (nSPS) is 12.5. The summed E-state index contributed by atoms with van der Waals surface area (Å²) in [5.74, 6) is 5.46. The summed E-state index contributed by atoms with van der Waals surface area (Å²) in [7, 11) is 0. The zero-order valence-electron chi connectivity index (χ0n) is 6.82. The third kappa shape index (κ3) is 2.54. The highest BCUT2D eigenvalue weighted by Gasteiger charge is 2.01. The first kappa shape index (κ1) is 9.05. The van der Waals surface area contributed by atoms with Gasteiger partial charge in [-0.1, -0.05) is 24.0 Å². The lowest BCUT2D eigenvalue weighted by atomic mass is 10.3. The summed E-state index contributed by atoms with van der Waals surface area (Å²) in [5, 5.41) is 11.4. The zero-order valence-corrected chi connectivity index (χ0v) is 7.64. The van der Waals surface area contributed by atoms with E-state index in [1.54, 1.807) is 6.08 Å². The SMILES string of the molecule is C/C=C/C#CC(O)c1cccs1. The average molecular weight is 178 g/mol. The standard InChI is InChI=1S/C10H10OS/c1-2-3-4-6-9(11)10-7-5-8-12-10/h2-3,5,7-9,11H,1H3/b3-2+. The van der Waals surface area contributed by atoms with Crippen LogP contribution in [0.1, 0.15) is 17.9 Å². The van der Waals surface area contributed by atoms with E-state index in [2.05, 4.69) is 11.8 Å². The molecule has 12 heavy (non-hydrogen) atoms. The Morgan fingerprint density at radius 2 is 2.50 bits per heavy atom. The van der Waals surface area contributed by atoms with Crippen LogP contribution < -0.4 is 0 Å². The fraction of sp³-hybridized carbons (Fsp3) is 0.200. The molecule has 0 saturated heterocycles. The van der Waals surface area contributed by atoms with E-state index >= 15 is 0 Å². The molecule has 0 amide bonds. The molecular weight excluding hydrogens is 168 g/mol. The number of hydrogen-bond acceptors (Lipinski definition) is 2. The fourth-order valence-corrected chi connectivity index (χ4v) is 1.39. The monoisotopic (exact) mass is 178 g/mol. The summed E-state index contributed by atoms with van der Waals surface area (Å²) in [5.41, 5.74) is 0. The third-order valence-corrected chi connectivity index (χ3v) is 2.21. The smallest absolute Gasteiger partial charge is 0.149 e. The van der Waals surface area contributed by atoms with Crippen LogP contribution in [0.15, 0.2) is 29.7 Å². The van der Waals surface area contributed by atoms with Crippen LogP contribution in [-0.4, -0.2) is 5.11 Å². The van der Waals surface area contributed by atoms with Gasteiger partial charge in [-0.15, -0.1) is 11.3 Å². The first-order chi connectivity index (χ1) is 5.84. The minimum absolute atomic E-state index is 0.638. The summed E-state index contributed by atoms with van der Waals surface area (Å²) < 4.78 is 0. The minimum Gasteiger partial charge on any atom is -0.375 e. The molecule has 1 rings (SSSR count). The second kappa shape index (κ2) is 4.76. The summed E-state index contributed by atoms with van der Waals surface area (Å²) in [6.45, 7) is 1.90. The molecule has 1 N–H and O–H groups in total. The van der Waals surface area contributed by atoms with E-state index in [4.69, 9.17) is 0 Å². The van der Waals surface area contributed by atoms with Gasteiger partial charge in [-0.25, -0.2) is 0 Å². The molecule has 1 nitrogen and oxygen atoms in total. The van der Waals surface area contributed by atoms with E-state index in [-0.39, 0.29) is 0 Å². The van der Waals surface area contributed by atoms with Gasteiger partial charge < -0.3 is 5.11 Å². The molecule has 1 atom stereocenters. The molecule has 0 radical (unpaired) electrons. The maximum Gasteiger partial charge on any atom is 0.149 e. The topological polar surface area (TPSA) is 20.2 Å². The van der Waals surface area contributed by atoms with Crippen LogP contribution in [0.2, 0.25) is 0 Å². The van der Waals surface area contributed by atoms with Crippen LogP contribution in [0.25, 0.3) is 0 Å². The van der Waals surface area contributed by atoms with E-state index in [1.165, 1.54) is 11.3 Å². The molecule has 1 heterocycles. The molecular formula is C10H10OS. The predicted octanol–water partition coefficient (Wildman–Crippen LogP) is 2.36. The van der Waals surface area contributed by atoms with Crippen LogP contribution >= 0.6 is 11.3 Å². The van der Waals surface area contributed by atoms with Gasteiger partial charge in [-0.3, -0.25) is 0 Å². The van der Waals surface area contributed by atoms with Crippen LogP contribution in [0.5, 0.6) is 0 Å². The quantitative estimate of drug-likeness (QED) is 0.654. The fourth-order valence-electron chi connectivity index (χ4n) is 0.728. The molecule has 62 valence electrons. The highest BCUT2D eigenvalue weighted by molar-refractivity contribution is 7.10. The Morgan fingerprint density at radius 1 is 1.67 bits per heavy atom. The van der Waals surface area contributed by atoms with Gasteiger partial charge in [0.15, 0.2) is 0 Å². The van der Waals surface area contributed by atoms with E-state index in [0.29, 0.717) is 0 Å². The summed E-state index contributed by atoms with van der Waals surface area (Å²) in [6.07, 6.45) is 2.92. The molecule has 0 bridgehead atoms. The van der Waals surface area contributed by atoms with Crippen molar-refractivity contribution >= 4 is 11.3 Å². The maximum atomic E-state index is 9.44. The molecule has 0 aliphatic carbocycles. The van der Waals surface area contributed by atoms with Gasteiger partial charge >= 0.3 is 0 Å². The lowest BCUT2D eigenvalue weighted by Crippen LogP contribution is -1.87. The van der Waals surface area contributed by atoms with Crippen molar-refractivity contribution in [2.75, 3.05) is 0 Å². The van der Waals surface area contributed by atoms with E-state index in [1.807, 2.05) is 30.5 Å². The first-order valence-electron chi connectivity index (χ1n) is 3.68. The van der Waals surface area contributed by atoms with E-state index in [9.17, 15) is 5.11 Å². The van der Waals surface area contributed by atoms with Crippen molar-refractivity contribution in [2.24, 2.45) is 0 Å².